The zero-order chi connectivity index (χ0) is 23.4. The Labute approximate surface area is 187 Å². The molecule has 0 aromatic rings. The van der Waals surface area contributed by atoms with Crippen LogP contribution >= 0.6 is 0 Å². The van der Waals surface area contributed by atoms with Crippen LogP contribution in [0.15, 0.2) is 12.2 Å². The van der Waals surface area contributed by atoms with Gasteiger partial charge in [-0.15, -0.1) is 0 Å². The first kappa shape index (κ1) is 29.1. The van der Waals surface area contributed by atoms with E-state index in [1.54, 1.807) is 0 Å². The Morgan fingerprint density at radius 1 is 0.581 bits per heavy atom. The van der Waals surface area contributed by atoms with E-state index < -0.39 is 42.0 Å². The number of hydrogen-bond acceptors (Lipinski definition) is 3. The summed E-state index contributed by atoms with van der Waals surface area (Å²) in [6, 6.07) is 0. The van der Waals surface area contributed by atoms with Crippen molar-refractivity contribution in [2.45, 2.75) is 96.8 Å². The summed E-state index contributed by atoms with van der Waals surface area (Å²) in [5.74, 6) is -3.52. The van der Waals surface area contributed by atoms with Gasteiger partial charge in [0.05, 0.1) is 6.54 Å². The fourth-order valence-electron chi connectivity index (χ4n) is 3.96. The van der Waals surface area contributed by atoms with E-state index in [1.807, 2.05) is 0 Å². The van der Waals surface area contributed by atoms with E-state index in [9.17, 15) is 14.4 Å². The molecule has 0 amide bonds. The van der Waals surface area contributed by atoms with Gasteiger partial charge in [-0.05, 0) is 38.5 Å². The zero-order valence-corrected chi connectivity index (χ0v) is 19.4. The highest BCUT2D eigenvalue weighted by molar-refractivity contribution is 5.73. The Morgan fingerprint density at radius 3 is 1.32 bits per heavy atom. The van der Waals surface area contributed by atoms with Gasteiger partial charge in [0, 0.05) is 0 Å². The smallest absolute Gasteiger partial charge is 0.359 e. The monoisotopic (exact) mass is 442 g/mol. The molecule has 0 heterocycles. The molecule has 7 nitrogen and oxygen atoms in total. The van der Waals surface area contributed by atoms with Gasteiger partial charge >= 0.3 is 17.9 Å². The van der Waals surface area contributed by atoms with Crippen LogP contribution in [0, 0.1) is 0 Å². The summed E-state index contributed by atoms with van der Waals surface area (Å²) in [7, 11) is 0. The van der Waals surface area contributed by atoms with Crippen molar-refractivity contribution in [3.8, 4) is 0 Å². The van der Waals surface area contributed by atoms with Crippen molar-refractivity contribution < 1.29 is 34.2 Å². The number of rotatable bonds is 22. The lowest BCUT2D eigenvalue weighted by molar-refractivity contribution is -0.907. The van der Waals surface area contributed by atoms with Gasteiger partial charge < -0.3 is 15.3 Å². The number of allylic oxidation sites excluding steroid dienone is 2. The summed E-state index contributed by atoms with van der Waals surface area (Å²) in [6.07, 6.45) is 20.7. The van der Waals surface area contributed by atoms with E-state index in [-0.39, 0.29) is 6.54 Å². The quantitative estimate of drug-likeness (QED) is 0.122. The highest BCUT2D eigenvalue weighted by atomic mass is 16.4. The number of unbranched alkanes of at least 4 members (excludes halogenated alkanes) is 12. The highest BCUT2D eigenvalue weighted by Gasteiger charge is 2.35. The van der Waals surface area contributed by atoms with Crippen molar-refractivity contribution in [2.75, 3.05) is 26.2 Å². The third-order valence-corrected chi connectivity index (χ3v) is 5.56. The zero-order valence-electron chi connectivity index (χ0n) is 19.4. The van der Waals surface area contributed by atoms with Crippen molar-refractivity contribution in [3.05, 3.63) is 12.2 Å². The van der Waals surface area contributed by atoms with E-state index in [0.29, 0.717) is 6.42 Å². The van der Waals surface area contributed by atoms with Crippen molar-refractivity contribution in [1.82, 2.24) is 0 Å². The van der Waals surface area contributed by atoms with Gasteiger partial charge in [-0.25, -0.2) is 14.4 Å². The molecular weight excluding hydrogens is 398 g/mol. The molecule has 0 spiro atoms. The number of hydrogen-bond donors (Lipinski definition) is 3. The fraction of sp³-hybridized carbons (Fsp3) is 0.792. The second-order valence-electron chi connectivity index (χ2n) is 8.66. The van der Waals surface area contributed by atoms with Crippen LogP contribution in [0.1, 0.15) is 96.8 Å². The molecule has 0 aliphatic carbocycles. The van der Waals surface area contributed by atoms with Crippen LogP contribution in [0.4, 0.5) is 0 Å². The minimum Gasteiger partial charge on any atom is -0.477 e. The SMILES string of the molecule is CCCCC/C=C/CCCCCCCCCCC[N+](CC(=O)O)(CC(=O)O)CC(=O)O. The van der Waals surface area contributed by atoms with Gasteiger partial charge in [0.25, 0.3) is 0 Å². The largest absolute Gasteiger partial charge is 0.477 e. The maximum absolute atomic E-state index is 11.1. The molecule has 3 N–H and O–H groups in total. The lowest BCUT2D eigenvalue weighted by atomic mass is 10.1. The average molecular weight is 443 g/mol. The molecular formula is C24H44NO6+. The summed E-state index contributed by atoms with van der Waals surface area (Å²) in [6.45, 7) is 1.04. The Hall–Kier alpha value is -1.89. The second kappa shape index (κ2) is 18.8. The fourth-order valence-corrected chi connectivity index (χ4v) is 3.96. The molecule has 0 aromatic heterocycles. The normalized spacial score (nSPS) is 11.8. The third kappa shape index (κ3) is 18.6. The predicted octanol–water partition coefficient (Wildman–Crippen LogP) is 5.09. The van der Waals surface area contributed by atoms with Crippen LogP contribution in [-0.4, -0.2) is 63.9 Å². The Bertz CT molecular complexity index is 491. The van der Waals surface area contributed by atoms with Crippen LogP contribution < -0.4 is 0 Å². The summed E-state index contributed by atoms with van der Waals surface area (Å²) in [5.41, 5.74) is 0. The minimum atomic E-state index is -1.17. The molecule has 0 radical (unpaired) electrons. The minimum absolute atomic E-state index is 0.261. The number of carboxylic acid groups (broad SMARTS) is 3. The number of carboxylic acids is 3. The van der Waals surface area contributed by atoms with Gasteiger partial charge in [0.2, 0.25) is 0 Å². The third-order valence-electron chi connectivity index (χ3n) is 5.56. The van der Waals surface area contributed by atoms with Crippen molar-refractivity contribution in [1.29, 1.82) is 0 Å². The average Bonchev–Trinajstić information content (AvgIpc) is 2.66. The Morgan fingerprint density at radius 2 is 0.935 bits per heavy atom. The predicted molar refractivity (Wildman–Crippen MR) is 122 cm³/mol. The Kier molecular flexibility index (Phi) is 17.7. The van der Waals surface area contributed by atoms with E-state index in [1.165, 1.54) is 64.2 Å². The van der Waals surface area contributed by atoms with Crippen LogP contribution in [0.25, 0.3) is 0 Å². The molecule has 0 rings (SSSR count). The number of nitrogens with zero attached hydrogens (tertiary/aromatic N) is 1. The number of carbonyl (C=O) groups is 3. The van der Waals surface area contributed by atoms with Crippen molar-refractivity contribution in [3.63, 3.8) is 0 Å². The molecule has 31 heavy (non-hydrogen) atoms. The lowest BCUT2D eigenvalue weighted by Crippen LogP contribution is -2.57. The maximum Gasteiger partial charge on any atom is 0.359 e. The maximum atomic E-state index is 11.1. The summed E-state index contributed by atoms with van der Waals surface area (Å²) in [4.78, 5) is 33.4. The summed E-state index contributed by atoms with van der Waals surface area (Å²) >= 11 is 0. The number of quaternary nitrogens is 1. The van der Waals surface area contributed by atoms with E-state index >= 15 is 0 Å². The van der Waals surface area contributed by atoms with Gasteiger partial charge in [0.1, 0.15) is 0 Å². The molecule has 0 aliphatic heterocycles. The molecule has 180 valence electrons. The van der Waals surface area contributed by atoms with Crippen LogP contribution in [0.2, 0.25) is 0 Å². The molecule has 0 bridgehead atoms. The van der Waals surface area contributed by atoms with E-state index in [2.05, 4.69) is 19.1 Å². The molecule has 0 unspecified atom stereocenters. The standard InChI is InChI=1S/C24H43NO6/c1-2-3-4-5-6-7-8-9-10-11-12-13-14-15-16-17-18-25(19-22(26)27,20-23(28)29)21-24(30)31/h6-7H,2-5,8-21H2,1H3,(H2-,26,27,28,29,30,31)/p+1/b7-6+. The van der Waals surface area contributed by atoms with Gasteiger partial charge in [0.15, 0.2) is 19.6 Å². The number of aliphatic carboxylic acids is 3. The van der Waals surface area contributed by atoms with Gasteiger partial charge in [-0.3, -0.25) is 4.48 Å². The van der Waals surface area contributed by atoms with Crippen LogP contribution in [-0.2, 0) is 14.4 Å². The molecule has 7 heteroatoms. The lowest BCUT2D eigenvalue weighted by Gasteiger charge is -2.34. The second-order valence-corrected chi connectivity index (χ2v) is 8.66. The molecule has 0 fully saturated rings. The molecule has 0 aliphatic rings. The van der Waals surface area contributed by atoms with Crippen LogP contribution in [0.5, 0.6) is 0 Å². The first-order valence-corrected chi connectivity index (χ1v) is 12.0. The molecule has 0 aromatic carbocycles. The summed E-state index contributed by atoms with van der Waals surface area (Å²) in [5, 5.41) is 27.3. The molecule has 0 atom stereocenters. The van der Waals surface area contributed by atoms with Crippen molar-refractivity contribution >= 4 is 17.9 Å². The first-order valence-electron chi connectivity index (χ1n) is 12.0. The first-order chi connectivity index (χ1) is 14.8. The van der Waals surface area contributed by atoms with Gasteiger partial charge in [-0.1, -0.05) is 70.4 Å². The van der Waals surface area contributed by atoms with Gasteiger partial charge in [-0.2, -0.15) is 0 Å². The topological polar surface area (TPSA) is 112 Å². The van der Waals surface area contributed by atoms with E-state index in [4.69, 9.17) is 15.3 Å². The van der Waals surface area contributed by atoms with Crippen molar-refractivity contribution in [2.24, 2.45) is 0 Å². The summed E-state index contributed by atoms with van der Waals surface area (Å²) < 4.78 is -0.437. The Balaban J connectivity index is 3.88. The van der Waals surface area contributed by atoms with E-state index in [0.717, 1.165) is 19.3 Å². The molecule has 0 saturated carbocycles. The molecule has 0 saturated heterocycles. The van der Waals surface area contributed by atoms with Crippen LogP contribution in [0.3, 0.4) is 0 Å². The highest BCUT2D eigenvalue weighted by Crippen LogP contribution is 2.14.